The quantitative estimate of drug-likeness (QED) is 0.910. The maximum Gasteiger partial charge on any atom is 0.128 e. The lowest BCUT2D eigenvalue weighted by Gasteiger charge is -2.20. The summed E-state index contributed by atoms with van der Waals surface area (Å²) in [4.78, 5) is 4.40. The lowest BCUT2D eigenvalue weighted by Crippen LogP contribution is -2.20. The van der Waals surface area contributed by atoms with Crippen LogP contribution in [0.2, 0.25) is 5.02 Å². The smallest absolute Gasteiger partial charge is 0.128 e. The van der Waals surface area contributed by atoms with Crippen molar-refractivity contribution in [1.29, 1.82) is 0 Å². The molecule has 0 saturated heterocycles. The van der Waals surface area contributed by atoms with Crippen LogP contribution in [-0.4, -0.2) is 4.98 Å². The summed E-state index contributed by atoms with van der Waals surface area (Å²) in [6, 6.07) is 8.09. The van der Waals surface area contributed by atoms with E-state index in [4.69, 9.17) is 17.3 Å². The van der Waals surface area contributed by atoms with Crippen LogP contribution in [-0.2, 0) is 6.42 Å². The summed E-state index contributed by atoms with van der Waals surface area (Å²) in [5.41, 5.74) is 8.92. The van der Waals surface area contributed by atoms with Crippen LogP contribution in [0.1, 0.15) is 35.2 Å². The van der Waals surface area contributed by atoms with Crippen molar-refractivity contribution in [3.8, 4) is 0 Å². The molecule has 0 fully saturated rings. The van der Waals surface area contributed by atoms with E-state index < -0.39 is 6.04 Å². The molecule has 4 heteroatoms. The molecule has 2 aromatic rings. The molecule has 0 radical (unpaired) electrons. The van der Waals surface area contributed by atoms with Crippen LogP contribution in [0, 0.1) is 5.82 Å². The molecular formula is C15H14ClFN2. The first kappa shape index (κ1) is 12.6. The van der Waals surface area contributed by atoms with Crippen LogP contribution in [0.15, 0.2) is 36.5 Å². The van der Waals surface area contributed by atoms with Gasteiger partial charge in [0.1, 0.15) is 5.82 Å². The molecule has 19 heavy (non-hydrogen) atoms. The highest BCUT2D eigenvalue weighted by Gasteiger charge is 2.31. The number of aryl methyl sites for hydroxylation is 1. The Bertz CT molecular complexity index is 615. The Balaban J connectivity index is 1.97. The molecule has 0 amide bonds. The van der Waals surface area contributed by atoms with E-state index in [0.717, 1.165) is 18.5 Å². The van der Waals surface area contributed by atoms with Crippen molar-refractivity contribution in [3.05, 3.63) is 64.2 Å². The van der Waals surface area contributed by atoms with Gasteiger partial charge in [0.2, 0.25) is 0 Å². The average molecular weight is 277 g/mol. The van der Waals surface area contributed by atoms with E-state index in [2.05, 4.69) is 11.1 Å². The average Bonchev–Trinajstić information content (AvgIpc) is 2.84. The van der Waals surface area contributed by atoms with Crippen LogP contribution >= 0.6 is 11.6 Å². The molecule has 2 nitrogen and oxygen atoms in total. The SMILES string of the molecule is NC(c1cc(Cl)ccc1F)C1CCc2cccnc21. The van der Waals surface area contributed by atoms with Crippen LogP contribution in [0.4, 0.5) is 4.39 Å². The Kier molecular flexibility index (Phi) is 3.25. The highest BCUT2D eigenvalue weighted by atomic mass is 35.5. The second-order valence-corrected chi connectivity index (χ2v) is 5.32. The molecule has 0 bridgehead atoms. The number of benzene rings is 1. The van der Waals surface area contributed by atoms with Crippen molar-refractivity contribution in [2.24, 2.45) is 5.73 Å². The molecule has 1 aromatic carbocycles. The molecule has 1 aliphatic carbocycles. The topological polar surface area (TPSA) is 38.9 Å². The molecule has 1 aromatic heterocycles. The number of rotatable bonds is 2. The summed E-state index contributed by atoms with van der Waals surface area (Å²) in [5.74, 6) is -0.245. The predicted molar refractivity (Wildman–Crippen MR) is 73.6 cm³/mol. The van der Waals surface area contributed by atoms with Gasteiger partial charge in [-0.15, -0.1) is 0 Å². The fourth-order valence-corrected chi connectivity index (χ4v) is 2.96. The van der Waals surface area contributed by atoms with Gasteiger partial charge in [0, 0.05) is 34.4 Å². The van der Waals surface area contributed by atoms with Crippen molar-refractivity contribution >= 4 is 11.6 Å². The summed E-state index contributed by atoms with van der Waals surface area (Å²) >= 11 is 5.93. The second-order valence-electron chi connectivity index (χ2n) is 4.88. The zero-order valence-corrected chi connectivity index (χ0v) is 11.1. The summed E-state index contributed by atoms with van der Waals surface area (Å²) in [5, 5.41) is 0.506. The Labute approximate surface area is 116 Å². The normalized spacial score (nSPS) is 19.2. The number of pyridine rings is 1. The monoisotopic (exact) mass is 276 g/mol. The van der Waals surface area contributed by atoms with Crippen molar-refractivity contribution in [2.75, 3.05) is 0 Å². The highest BCUT2D eigenvalue weighted by Crippen LogP contribution is 2.40. The maximum atomic E-state index is 13.9. The molecule has 0 aliphatic heterocycles. The van der Waals surface area contributed by atoms with Crippen LogP contribution < -0.4 is 5.73 Å². The van der Waals surface area contributed by atoms with Gasteiger partial charge in [0.15, 0.2) is 0 Å². The maximum absolute atomic E-state index is 13.9. The number of halogens is 2. The summed E-state index contributed by atoms with van der Waals surface area (Å²) in [7, 11) is 0. The van der Waals surface area contributed by atoms with Gasteiger partial charge < -0.3 is 5.73 Å². The fourth-order valence-electron chi connectivity index (χ4n) is 2.78. The first-order chi connectivity index (χ1) is 9.16. The van der Waals surface area contributed by atoms with Crippen molar-refractivity contribution in [3.63, 3.8) is 0 Å². The first-order valence-corrected chi connectivity index (χ1v) is 6.69. The predicted octanol–water partition coefficient (Wildman–Crippen LogP) is 3.60. The van der Waals surface area contributed by atoms with Crippen LogP contribution in [0.5, 0.6) is 0 Å². The summed E-state index contributed by atoms with van der Waals surface area (Å²) in [6.45, 7) is 0. The molecule has 0 saturated carbocycles. The van der Waals surface area contributed by atoms with Crippen molar-refractivity contribution < 1.29 is 4.39 Å². The third kappa shape index (κ3) is 2.24. The van der Waals surface area contributed by atoms with Crippen LogP contribution in [0.25, 0.3) is 0 Å². The minimum Gasteiger partial charge on any atom is -0.323 e. The Morgan fingerprint density at radius 1 is 1.37 bits per heavy atom. The fraction of sp³-hybridized carbons (Fsp3) is 0.267. The third-order valence-electron chi connectivity index (χ3n) is 3.75. The molecule has 1 aliphatic rings. The first-order valence-electron chi connectivity index (χ1n) is 6.31. The lowest BCUT2D eigenvalue weighted by molar-refractivity contribution is 0.507. The Morgan fingerprint density at radius 2 is 2.21 bits per heavy atom. The minimum atomic E-state index is -0.408. The Hall–Kier alpha value is -1.45. The zero-order valence-electron chi connectivity index (χ0n) is 10.3. The third-order valence-corrected chi connectivity index (χ3v) is 3.99. The number of fused-ring (bicyclic) bond motifs is 1. The zero-order chi connectivity index (χ0) is 13.4. The summed E-state index contributed by atoms with van der Waals surface area (Å²) in [6.07, 6.45) is 3.61. The van der Waals surface area contributed by atoms with Crippen molar-refractivity contribution in [1.82, 2.24) is 4.98 Å². The highest BCUT2D eigenvalue weighted by molar-refractivity contribution is 6.30. The molecule has 2 atom stereocenters. The van der Waals surface area contributed by atoms with Gasteiger partial charge in [-0.05, 0) is 42.7 Å². The lowest BCUT2D eigenvalue weighted by atomic mass is 9.91. The van der Waals surface area contributed by atoms with Gasteiger partial charge in [-0.2, -0.15) is 0 Å². The number of hydrogen-bond donors (Lipinski definition) is 1. The summed E-state index contributed by atoms with van der Waals surface area (Å²) < 4.78 is 13.9. The van der Waals surface area contributed by atoms with Crippen molar-refractivity contribution in [2.45, 2.75) is 24.8 Å². The van der Waals surface area contributed by atoms with Gasteiger partial charge in [-0.3, -0.25) is 4.98 Å². The van der Waals surface area contributed by atoms with E-state index in [0.29, 0.717) is 10.6 Å². The largest absolute Gasteiger partial charge is 0.323 e. The number of hydrogen-bond acceptors (Lipinski definition) is 2. The molecule has 1 heterocycles. The molecule has 3 rings (SSSR count). The molecule has 2 unspecified atom stereocenters. The van der Waals surface area contributed by atoms with Crippen LogP contribution in [0.3, 0.4) is 0 Å². The van der Waals surface area contributed by atoms with E-state index in [1.54, 1.807) is 12.3 Å². The number of aromatic nitrogens is 1. The van der Waals surface area contributed by atoms with Gasteiger partial charge >= 0.3 is 0 Å². The van der Waals surface area contributed by atoms with E-state index in [-0.39, 0.29) is 11.7 Å². The molecule has 0 spiro atoms. The van der Waals surface area contributed by atoms with Gasteiger partial charge in [-0.25, -0.2) is 4.39 Å². The molecular weight excluding hydrogens is 263 g/mol. The van der Waals surface area contributed by atoms with E-state index in [1.807, 2.05) is 6.07 Å². The second kappa shape index (κ2) is 4.91. The van der Waals surface area contributed by atoms with Gasteiger partial charge in [0.05, 0.1) is 0 Å². The minimum absolute atomic E-state index is 0.0594. The van der Waals surface area contributed by atoms with Gasteiger partial charge in [0.25, 0.3) is 0 Å². The van der Waals surface area contributed by atoms with E-state index in [1.165, 1.54) is 17.7 Å². The van der Waals surface area contributed by atoms with E-state index in [9.17, 15) is 4.39 Å². The standard InChI is InChI=1S/C15H14ClFN2/c16-10-4-6-13(17)12(8-10)14(18)11-5-3-9-2-1-7-19-15(9)11/h1-2,4,6-8,11,14H,3,5,18H2. The molecule has 2 N–H and O–H groups in total. The van der Waals surface area contributed by atoms with Gasteiger partial charge in [-0.1, -0.05) is 17.7 Å². The van der Waals surface area contributed by atoms with E-state index >= 15 is 0 Å². The Morgan fingerprint density at radius 3 is 3.05 bits per heavy atom. The number of nitrogens with zero attached hydrogens (tertiary/aromatic N) is 1. The molecule has 98 valence electrons. The number of nitrogens with two attached hydrogens (primary N) is 1.